The molecular formula is C11H19NS. The van der Waals surface area contributed by atoms with E-state index < -0.39 is 0 Å². The highest BCUT2D eigenvalue weighted by molar-refractivity contribution is 7.11. The summed E-state index contributed by atoms with van der Waals surface area (Å²) in [4.78, 5) is 4.88. The molecule has 0 fully saturated rings. The molecule has 1 heterocycles. The van der Waals surface area contributed by atoms with Crippen LogP contribution < -0.4 is 0 Å². The van der Waals surface area contributed by atoms with E-state index in [0.717, 1.165) is 10.6 Å². The molecule has 0 saturated carbocycles. The van der Waals surface area contributed by atoms with Crippen molar-refractivity contribution in [3.8, 4) is 0 Å². The maximum atomic E-state index is 3.79. The fraction of sp³-hybridized carbons (Fsp3) is 0.364. The maximum absolute atomic E-state index is 3.79. The number of aliphatic imine (C=N–C) groups is 1. The van der Waals surface area contributed by atoms with E-state index >= 15 is 0 Å². The molecule has 0 amide bonds. The van der Waals surface area contributed by atoms with Gasteiger partial charge in [-0.15, -0.1) is 11.3 Å². The second-order valence-electron chi connectivity index (χ2n) is 1.53. The van der Waals surface area contributed by atoms with Crippen LogP contribution in [0.4, 0.5) is 5.69 Å². The van der Waals surface area contributed by atoms with Crippen molar-refractivity contribution < 1.29 is 0 Å². The van der Waals surface area contributed by atoms with Crippen LogP contribution in [0.5, 0.6) is 0 Å². The van der Waals surface area contributed by atoms with Crippen molar-refractivity contribution in [2.75, 3.05) is 0 Å². The molecule has 0 unspecified atom stereocenters. The fourth-order valence-electron chi connectivity index (χ4n) is 0.598. The highest BCUT2D eigenvalue weighted by Crippen LogP contribution is 2.24. The van der Waals surface area contributed by atoms with Crippen LogP contribution in [0, 0.1) is 0 Å². The standard InChI is InChI=1S/C7H7NS.2C2H6/c1-3-7-6(8-2)4-5-9-7;2*1-2/h3-5H,1-2H2;2*1-2H3. The summed E-state index contributed by atoms with van der Waals surface area (Å²) in [5.41, 5.74) is 0.926. The Hall–Kier alpha value is -0.890. The van der Waals surface area contributed by atoms with Gasteiger partial charge in [-0.05, 0) is 24.2 Å². The van der Waals surface area contributed by atoms with Gasteiger partial charge in [0.15, 0.2) is 0 Å². The van der Waals surface area contributed by atoms with Gasteiger partial charge in [-0.25, -0.2) is 0 Å². The first-order valence-electron chi connectivity index (χ1n) is 4.55. The third kappa shape index (κ3) is 5.36. The predicted molar refractivity (Wildman–Crippen MR) is 66.3 cm³/mol. The van der Waals surface area contributed by atoms with Crippen LogP contribution in [-0.4, -0.2) is 6.72 Å². The van der Waals surface area contributed by atoms with Crippen molar-refractivity contribution in [3.63, 3.8) is 0 Å². The number of nitrogens with zero attached hydrogens (tertiary/aromatic N) is 1. The molecule has 13 heavy (non-hydrogen) atoms. The topological polar surface area (TPSA) is 12.4 Å². The molecule has 0 bridgehead atoms. The number of hydrogen-bond acceptors (Lipinski definition) is 2. The largest absolute Gasteiger partial charge is 0.263 e. The molecule has 0 N–H and O–H groups in total. The molecular weight excluding hydrogens is 178 g/mol. The molecule has 0 aromatic carbocycles. The van der Waals surface area contributed by atoms with Crippen LogP contribution in [0.25, 0.3) is 6.08 Å². The van der Waals surface area contributed by atoms with Gasteiger partial charge >= 0.3 is 0 Å². The molecule has 0 aliphatic rings. The Labute approximate surface area is 85.8 Å². The SMILES string of the molecule is C=Cc1sccc1N=C.CC.CC. The van der Waals surface area contributed by atoms with Gasteiger partial charge < -0.3 is 0 Å². The van der Waals surface area contributed by atoms with E-state index in [0.29, 0.717) is 0 Å². The smallest absolute Gasteiger partial charge is 0.0802 e. The second-order valence-corrected chi connectivity index (χ2v) is 2.48. The van der Waals surface area contributed by atoms with Gasteiger partial charge in [0.2, 0.25) is 0 Å². The molecule has 2 heteroatoms. The van der Waals surface area contributed by atoms with Crippen LogP contribution in [0.1, 0.15) is 32.6 Å². The van der Waals surface area contributed by atoms with E-state index in [1.165, 1.54) is 0 Å². The average molecular weight is 197 g/mol. The third-order valence-electron chi connectivity index (χ3n) is 1.03. The lowest BCUT2D eigenvalue weighted by Gasteiger charge is -1.84. The van der Waals surface area contributed by atoms with E-state index in [9.17, 15) is 0 Å². The Morgan fingerprint density at radius 1 is 1.31 bits per heavy atom. The Kier molecular flexibility index (Phi) is 12.5. The van der Waals surface area contributed by atoms with Gasteiger partial charge in [0.1, 0.15) is 0 Å². The minimum atomic E-state index is 0.926. The summed E-state index contributed by atoms with van der Waals surface area (Å²) in [6.07, 6.45) is 1.79. The van der Waals surface area contributed by atoms with E-state index in [4.69, 9.17) is 0 Å². The summed E-state index contributed by atoms with van der Waals surface area (Å²) in [6, 6.07) is 1.93. The minimum absolute atomic E-state index is 0.926. The van der Waals surface area contributed by atoms with Crippen LogP contribution >= 0.6 is 11.3 Å². The van der Waals surface area contributed by atoms with Gasteiger partial charge in [0.05, 0.1) is 10.6 Å². The van der Waals surface area contributed by atoms with E-state index in [-0.39, 0.29) is 0 Å². The summed E-state index contributed by atoms with van der Waals surface area (Å²) in [5.74, 6) is 0. The van der Waals surface area contributed by atoms with E-state index in [1.54, 1.807) is 17.4 Å². The van der Waals surface area contributed by atoms with Gasteiger partial charge in [0, 0.05) is 0 Å². The Morgan fingerprint density at radius 2 is 1.85 bits per heavy atom. The quantitative estimate of drug-likeness (QED) is 0.605. The molecule has 74 valence electrons. The molecule has 1 aromatic heterocycles. The first-order valence-corrected chi connectivity index (χ1v) is 5.43. The highest BCUT2D eigenvalue weighted by Gasteiger charge is 1.94. The zero-order chi connectivity index (χ0) is 10.7. The van der Waals surface area contributed by atoms with Gasteiger partial charge in [-0.3, -0.25) is 4.99 Å². The van der Waals surface area contributed by atoms with Crippen molar-refractivity contribution in [2.45, 2.75) is 27.7 Å². The fourth-order valence-corrected chi connectivity index (χ4v) is 1.29. The van der Waals surface area contributed by atoms with Crippen LogP contribution in [0.15, 0.2) is 23.0 Å². The van der Waals surface area contributed by atoms with Gasteiger partial charge in [-0.2, -0.15) is 0 Å². The molecule has 0 spiro atoms. The lowest BCUT2D eigenvalue weighted by molar-refractivity contribution is 1.50. The monoisotopic (exact) mass is 197 g/mol. The molecule has 1 rings (SSSR count). The first-order chi connectivity index (χ1) is 6.38. The lowest BCUT2D eigenvalue weighted by Crippen LogP contribution is -1.56. The van der Waals surface area contributed by atoms with E-state index in [2.05, 4.69) is 18.3 Å². The van der Waals surface area contributed by atoms with Crippen LogP contribution in [0.2, 0.25) is 0 Å². The predicted octanol–water partition coefficient (Wildman–Crippen LogP) is 4.78. The van der Waals surface area contributed by atoms with Crippen molar-refractivity contribution >= 4 is 29.8 Å². The Morgan fingerprint density at radius 3 is 2.15 bits per heavy atom. The molecule has 0 aliphatic carbocycles. The summed E-state index contributed by atoms with van der Waals surface area (Å²) in [7, 11) is 0. The van der Waals surface area contributed by atoms with Gasteiger partial charge in [0.25, 0.3) is 0 Å². The Balaban J connectivity index is 0. The minimum Gasteiger partial charge on any atom is -0.263 e. The first kappa shape index (κ1) is 14.6. The highest BCUT2D eigenvalue weighted by atomic mass is 32.1. The second kappa shape index (κ2) is 11.1. The molecule has 0 radical (unpaired) electrons. The van der Waals surface area contributed by atoms with Crippen molar-refractivity contribution in [2.24, 2.45) is 4.99 Å². The molecule has 0 aliphatic heterocycles. The third-order valence-corrected chi connectivity index (χ3v) is 1.93. The number of hydrogen-bond donors (Lipinski definition) is 0. The zero-order valence-electron chi connectivity index (χ0n) is 9.00. The summed E-state index contributed by atoms with van der Waals surface area (Å²) >= 11 is 1.62. The molecule has 0 saturated heterocycles. The summed E-state index contributed by atoms with van der Waals surface area (Å²) in [5, 5.41) is 1.97. The summed E-state index contributed by atoms with van der Waals surface area (Å²) in [6.45, 7) is 15.1. The van der Waals surface area contributed by atoms with Crippen LogP contribution in [0.3, 0.4) is 0 Å². The van der Waals surface area contributed by atoms with Crippen molar-refractivity contribution in [1.82, 2.24) is 0 Å². The molecule has 0 atom stereocenters. The van der Waals surface area contributed by atoms with Crippen LogP contribution in [-0.2, 0) is 0 Å². The Bertz CT molecular complexity index is 203. The van der Waals surface area contributed by atoms with E-state index in [1.807, 2.05) is 39.1 Å². The number of rotatable bonds is 2. The van der Waals surface area contributed by atoms with Gasteiger partial charge in [-0.1, -0.05) is 34.3 Å². The number of thiophene rings is 1. The normalized spacial score (nSPS) is 7.08. The lowest BCUT2D eigenvalue weighted by atomic mass is 10.4. The maximum Gasteiger partial charge on any atom is 0.0802 e. The summed E-state index contributed by atoms with van der Waals surface area (Å²) < 4.78 is 0. The van der Waals surface area contributed by atoms with Crippen molar-refractivity contribution in [3.05, 3.63) is 22.9 Å². The molecule has 1 nitrogen and oxygen atoms in total. The average Bonchev–Trinajstić information content (AvgIpc) is 2.70. The van der Waals surface area contributed by atoms with Crippen molar-refractivity contribution in [1.29, 1.82) is 0 Å². The zero-order valence-corrected chi connectivity index (χ0v) is 9.82. The molecule has 1 aromatic rings.